The van der Waals surface area contributed by atoms with Gasteiger partial charge in [0.1, 0.15) is 11.9 Å². The van der Waals surface area contributed by atoms with Crippen molar-refractivity contribution in [2.75, 3.05) is 26.8 Å². The van der Waals surface area contributed by atoms with Gasteiger partial charge < -0.3 is 20.1 Å². The molecule has 116 valence electrons. The topological polar surface area (TPSA) is 64.8 Å². The third-order valence-corrected chi connectivity index (χ3v) is 3.85. The van der Waals surface area contributed by atoms with Crippen LogP contribution in [0.3, 0.4) is 0 Å². The van der Waals surface area contributed by atoms with E-state index in [0.717, 1.165) is 11.3 Å². The van der Waals surface area contributed by atoms with E-state index in [-0.39, 0.29) is 17.9 Å². The summed E-state index contributed by atoms with van der Waals surface area (Å²) in [5.41, 5.74) is 6.99. The van der Waals surface area contributed by atoms with E-state index in [1.54, 1.807) is 12.0 Å². The molecule has 1 aromatic carbocycles. The molecule has 2 rings (SSSR count). The summed E-state index contributed by atoms with van der Waals surface area (Å²) in [6.45, 7) is 5.58. The van der Waals surface area contributed by atoms with Crippen molar-refractivity contribution in [3.8, 4) is 5.75 Å². The fraction of sp³-hybridized carbons (Fsp3) is 0.562. The first kappa shape index (κ1) is 15.8. The second kappa shape index (κ2) is 6.91. The quantitative estimate of drug-likeness (QED) is 0.915. The maximum atomic E-state index is 12.4. The molecule has 0 unspecified atom stereocenters. The number of carbonyl (C=O) groups is 1. The maximum absolute atomic E-state index is 12.4. The minimum absolute atomic E-state index is 0.00111. The number of morpholine rings is 1. The number of carbonyl (C=O) groups excluding carboxylic acids is 1. The Morgan fingerprint density at radius 1 is 1.48 bits per heavy atom. The molecular weight excluding hydrogens is 268 g/mol. The van der Waals surface area contributed by atoms with Crippen LogP contribution in [0.1, 0.15) is 25.5 Å². The van der Waals surface area contributed by atoms with E-state index >= 15 is 0 Å². The summed E-state index contributed by atoms with van der Waals surface area (Å²) in [7, 11) is 1.64. The summed E-state index contributed by atoms with van der Waals surface area (Å²) >= 11 is 0. The molecule has 0 aliphatic carbocycles. The molecule has 0 aromatic heterocycles. The Bertz CT molecular complexity index is 490. The minimum Gasteiger partial charge on any atom is -0.497 e. The minimum atomic E-state index is -0.450. The Kier molecular flexibility index (Phi) is 5.20. The molecule has 1 amide bonds. The van der Waals surface area contributed by atoms with Crippen molar-refractivity contribution in [3.05, 3.63) is 29.8 Å². The van der Waals surface area contributed by atoms with Crippen LogP contribution in [0.25, 0.3) is 0 Å². The van der Waals surface area contributed by atoms with E-state index in [0.29, 0.717) is 19.7 Å². The molecule has 0 spiro atoms. The van der Waals surface area contributed by atoms with Gasteiger partial charge in [-0.1, -0.05) is 26.0 Å². The molecule has 1 heterocycles. The molecule has 1 fully saturated rings. The average Bonchev–Trinajstić information content (AvgIpc) is 2.53. The number of ether oxygens (including phenoxy) is 2. The van der Waals surface area contributed by atoms with Crippen LogP contribution in [0.4, 0.5) is 0 Å². The van der Waals surface area contributed by atoms with Crippen molar-refractivity contribution in [1.29, 1.82) is 0 Å². The lowest BCUT2D eigenvalue weighted by molar-refractivity contribution is -0.141. The van der Waals surface area contributed by atoms with Crippen LogP contribution in [0.15, 0.2) is 24.3 Å². The zero-order valence-electron chi connectivity index (χ0n) is 12.9. The first-order valence-corrected chi connectivity index (χ1v) is 7.33. The molecular formula is C16H24N2O3. The van der Waals surface area contributed by atoms with E-state index in [1.807, 2.05) is 38.1 Å². The Morgan fingerprint density at radius 2 is 2.24 bits per heavy atom. The highest BCUT2D eigenvalue weighted by atomic mass is 16.5. The van der Waals surface area contributed by atoms with Crippen molar-refractivity contribution < 1.29 is 14.3 Å². The van der Waals surface area contributed by atoms with Crippen molar-refractivity contribution in [1.82, 2.24) is 4.90 Å². The average molecular weight is 292 g/mol. The molecule has 2 N–H and O–H groups in total. The van der Waals surface area contributed by atoms with Crippen LogP contribution in [-0.4, -0.2) is 43.7 Å². The van der Waals surface area contributed by atoms with Gasteiger partial charge in [-0.3, -0.25) is 4.79 Å². The van der Waals surface area contributed by atoms with Crippen LogP contribution in [0.2, 0.25) is 0 Å². The zero-order chi connectivity index (χ0) is 15.4. The largest absolute Gasteiger partial charge is 0.497 e. The van der Waals surface area contributed by atoms with Gasteiger partial charge in [0.2, 0.25) is 5.91 Å². The lowest BCUT2D eigenvalue weighted by Crippen LogP contribution is -2.51. The second-order valence-corrected chi connectivity index (χ2v) is 5.69. The highest BCUT2D eigenvalue weighted by Gasteiger charge is 2.29. The fourth-order valence-electron chi connectivity index (χ4n) is 2.39. The normalized spacial score (nSPS) is 20.4. The molecule has 1 aromatic rings. The molecule has 0 bridgehead atoms. The number of benzene rings is 1. The Labute approximate surface area is 126 Å². The molecule has 1 aliphatic heterocycles. The van der Waals surface area contributed by atoms with Gasteiger partial charge >= 0.3 is 0 Å². The third-order valence-electron chi connectivity index (χ3n) is 3.85. The first-order chi connectivity index (χ1) is 10.0. The number of nitrogens with two attached hydrogens (primary N) is 1. The molecule has 0 saturated carbocycles. The molecule has 21 heavy (non-hydrogen) atoms. The number of hydrogen-bond donors (Lipinski definition) is 1. The number of rotatable bonds is 4. The summed E-state index contributed by atoms with van der Waals surface area (Å²) in [6.07, 6.45) is -0.128. The van der Waals surface area contributed by atoms with E-state index in [9.17, 15) is 4.79 Å². The predicted octanol–water partition coefficient (Wildman–Crippen LogP) is 1.58. The molecule has 1 aliphatic rings. The second-order valence-electron chi connectivity index (χ2n) is 5.69. The highest BCUT2D eigenvalue weighted by molar-refractivity contribution is 5.82. The van der Waals surface area contributed by atoms with Gasteiger partial charge in [0.05, 0.1) is 26.3 Å². The standard InChI is InChI=1S/C16H24N2O3/c1-11(2)15(17)16(19)18-7-8-21-14(10-18)12-5-4-6-13(9-12)20-3/h4-6,9,11,14-15H,7-8,10,17H2,1-3H3/t14-,15+/m1/s1. The first-order valence-electron chi connectivity index (χ1n) is 7.33. The van der Waals surface area contributed by atoms with Gasteiger partial charge in [-0.25, -0.2) is 0 Å². The van der Waals surface area contributed by atoms with Crippen LogP contribution < -0.4 is 10.5 Å². The number of amides is 1. The monoisotopic (exact) mass is 292 g/mol. The molecule has 5 nitrogen and oxygen atoms in total. The Balaban J connectivity index is 2.08. The van der Waals surface area contributed by atoms with E-state index in [4.69, 9.17) is 15.2 Å². The van der Waals surface area contributed by atoms with Crippen LogP contribution in [0.5, 0.6) is 5.75 Å². The zero-order valence-corrected chi connectivity index (χ0v) is 12.9. The summed E-state index contributed by atoms with van der Waals surface area (Å²) in [5, 5.41) is 0. The molecule has 1 saturated heterocycles. The lowest BCUT2D eigenvalue weighted by Gasteiger charge is -2.35. The smallest absolute Gasteiger partial charge is 0.239 e. The Morgan fingerprint density at radius 3 is 2.90 bits per heavy atom. The van der Waals surface area contributed by atoms with Crippen LogP contribution in [0, 0.1) is 5.92 Å². The van der Waals surface area contributed by atoms with Gasteiger partial charge in [0, 0.05) is 6.54 Å². The summed E-state index contributed by atoms with van der Waals surface area (Å²) in [4.78, 5) is 14.2. The van der Waals surface area contributed by atoms with Crippen LogP contribution >= 0.6 is 0 Å². The third kappa shape index (κ3) is 3.74. The van der Waals surface area contributed by atoms with Crippen LogP contribution in [-0.2, 0) is 9.53 Å². The summed E-state index contributed by atoms with van der Waals surface area (Å²) < 4.78 is 11.0. The predicted molar refractivity (Wildman–Crippen MR) is 81.1 cm³/mol. The van der Waals surface area contributed by atoms with Gasteiger partial charge in [-0.05, 0) is 23.6 Å². The lowest BCUT2D eigenvalue weighted by atomic mass is 10.0. The van der Waals surface area contributed by atoms with E-state index < -0.39 is 6.04 Å². The maximum Gasteiger partial charge on any atom is 0.239 e. The van der Waals surface area contributed by atoms with E-state index in [1.165, 1.54) is 0 Å². The van der Waals surface area contributed by atoms with Gasteiger partial charge in [0.25, 0.3) is 0 Å². The van der Waals surface area contributed by atoms with Crippen molar-refractivity contribution >= 4 is 5.91 Å². The molecule has 5 heteroatoms. The van der Waals surface area contributed by atoms with Crippen molar-refractivity contribution in [3.63, 3.8) is 0 Å². The highest BCUT2D eigenvalue weighted by Crippen LogP contribution is 2.25. The van der Waals surface area contributed by atoms with Crippen molar-refractivity contribution in [2.24, 2.45) is 11.7 Å². The Hall–Kier alpha value is -1.59. The number of hydrogen-bond acceptors (Lipinski definition) is 4. The number of methoxy groups -OCH3 is 1. The molecule has 2 atom stereocenters. The van der Waals surface area contributed by atoms with Gasteiger partial charge in [0.15, 0.2) is 0 Å². The summed E-state index contributed by atoms with van der Waals surface area (Å²) in [6, 6.07) is 7.31. The molecule has 0 radical (unpaired) electrons. The fourth-order valence-corrected chi connectivity index (χ4v) is 2.39. The van der Waals surface area contributed by atoms with Gasteiger partial charge in [-0.2, -0.15) is 0 Å². The van der Waals surface area contributed by atoms with E-state index in [2.05, 4.69) is 0 Å². The summed E-state index contributed by atoms with van der Waals surface area (Å²) in [5.74, 6) is 0.926. The van der Waals surface area contributed by atoms with Crippen molar-refractivity contribution in [2.45, 2.75) is 26.0 Å². The van der Waals surface area contributed by atoms with Gasteiger partial charge in [-0.15, -0.1) is 0 Å². The number of nitrogens with zero attached hydrogens (tertiary/aromatic N) is 1. The SMILES string of the molecule is COc1cccc([C@H]2CN(C(=O)[C@@H](N)C(C)C)CCO2)c1.